The van der Waals surface area contributed by atoms with Crippen molar-refractivity contribution in [1.82, 2.24) is 0 Å². The van der Waals surface area contributed by atoms with E-state index in [0.29, 0.717) is 12.0 Å². The van der Waals surface area contributed by atoms with Crippen molar-refractivity contribution in [2.24, 2.45) is 0 Å². The zero-order chi connectivity index (χ0) is 13.0. The molecule has 0 fully saturated rings. The maximum absolute atomic E-state index is 10.5. The molecule has 2 heteroatoms. The van der Waals surface area contributed by atoms with Crippen molar-refractivity contribution in [2.75, 3.05) is 0 Å². The summed E-state index contributed by atoms with van der Waals surface area (Å²) in [6.07, 6.45) is 0.530. The topological polar surface area (TPSA) is 44.0 Å². The Hall–Kier alpha value is -2.11. The van der Waals surface area contributed by atoms with E-state index in [4.69, 9.17) is 5.26 Å². The molecule has 0 aliphatic rings. The third kappa shape index (κ3) is 2.77. The molecule has 0 aromatic heterocycles. The summed E-state index contributed by atoms with van der Waals surface area (Å²) in [5.41, 5.74) is 1.45. The fourth-order valence-corrected chi connectivity index (χ4v) is 2.02. The van der Waals surface area contributed by atoms with Gasteiger partial charge in [0.2, 0.25) is 0 Å². The standard InChI is InChI=1S/C16H15NO/c1-16(18,11-13-6-3-2-4-7-13)15-9-5-8-14(10-15)12-17/h2-10,18H,11H2,1H3. The molecule has 0 spiro atoms. The van der Waals surface area contributed by atoms with E-state index >= 15 is 0 Å². The van der Waals surface area contributed by atoms with E-state index < -0.39 is 5.60 Å². The average molecular weight is 237 g/mol. The van der Waals surface area contributed by atoms with Crippen molar-refractivity contribution in [1.29, 1.82) is 5.26 Å². The van der Waals surface area contributed by atoms with Crippen LogP contribution in [0.15, 0.2) is 54.6 Å². The highest BCUT2D eigenvalue weighted by atomic mass is 16.3. The molecule has 0 aliphatic carbocycles. The third-order valence-electron chi connectivity index (χ3n) is 3.00. The van der Waals surface area contributed by atoms with Gasteiger partial charge in [-0.3, -0.25) is 0 Å². The quantitative estimate of drug-likeness (QED) is 0.891. The number of hydrogen-bond acceptors (Lipinski definition) is 2. The Morgan fingerprint density at radius 3 is 2.50 bits per heavy atom. The predicted molar refractivity (Wildman–Crippen MR) is 70.9 cm³/mol. The molecule has 2 aromatic rings. The Morgan fingerprint density at radius 1 is 1.11 bits per heavy atom. The molecule has 90 valence electrons. The van der Waals surface area contributed by atoms with Crippen LogP contribution in [-0.4, -0.2) is 5.11 Å². The highest BCUT2D eigenvalue weighted by molar-refractivity contribution is 5.36. The van der Waals surface area contributed by atoms with Gasteiger partial charge in [0, 0.05) is 6.42 Å². The minimum absolute atomic E-state index is 0.530. The molecule has 0 aliphatic heterocycles. The van der Waals surface area contributed by atoms with E-state index in [-0.39, 0.29) is 0 Å². The van der Waals surface area contributed by atoms with Gasteiger partial charge in [0.05, 0.1) is 17.2 Å². The lowest BCUT2D eigenvalue weighted by molar-refractivity contribution is 0.0576. The summed E-state index contributed by atoms with van der Waals surface area (Å²) in [6, 6.07) is 19.1. The second-order valence-electron chi connectivity index (χ2n) is 4.63. The van der Waals surface area contributed by atoms with Crippen LogP contribution in [0.4, 0.5) is 0 Å². The van der Waals surface area contributed by atoms with Crippen LogP contribution in [-0.2, 0) is 12.0 Å². The summed E-state index contributed by atoms with van der Waals surface area (Å²) in [5.74, 6) is 0. The first kappa shape index (κ1) is 12.3. The van der Waals surface area contributed by atoms with Crippen molar-refractivity contribution in [3.63, 3.8) is 0 Å². The second-order valence-corrected chi connectivity index (χ2v) is 4.63. The number of nitriles is 1. The largest absolute Gasteiger partial charge is 0.385 e. The van der Waals surface area contributed by atoms with Crippen LogP contribution in [0.5, 0.6) is 0 Å². The minimum atomic E-state index is -0.964. The van der Waals surface area contributed by atoms with Gasteiger partial charge < -0.3 is 5.11 Å². The van der Waals surface area contributed by atoms with E-state index in [1.165, 1.54) is 0 Å². The van der Waals surface area contributed by atoms with Crippen molar-refractivity contribution >= 4 is 0 Å². The van der Waals surface area contributed by atoms with Gasteiger partial charge in [0.15, 0.2) is 0 Å². The smallest absolute Gasteiger partial charge is 0.0991 e. The third-order valence-corrected chi connectivity index (χ3v) is 3.00. The molecule has 0 saturated heterocycles. The summed E-state index contributed by atoms with van der Waals surface area (Å²) in [6.45, 7) is 1.77. The maximum atomic E-state index is 10.5. The Kier molecular flexibility index (Phi) is 3.45. The second kappa shape index (κ2) is 5.03. The zero-order valence-electron chi connectivity index (χ0n) is 10.3. The van der Waals surface area contributed by atoms with Crippen molar-refractivity contribution < 1.29 is 5.11 Å². The van der Waals surface area contributed by atoms with Gasteiger partial charge in [-0.05, 0) is 30.2 Å². The van der Waals surface area contributed by atoms with Gasteiger partial charge in [-0.1, -0.05) is 42.5 Å². The van der Waals surface area contributed by atoms with Gasteiger partial charge >= 0.3 is 0 Å². The lowest BCUT2D eigenvalue weighted by Crippen LogP contribution is -2.24. The number of rotatable bonds is 3. The zero-order valence-corrected chi connectivity index (χ0v) is 10.3. The Morgan fingerprint density at radius 2 is 1.83 bits per heavy atom. The van der Waals surface area contributed by atoms with E-state index in [1.807, 2.05) is 36.4 Å². The normalized spacial score (nSPS) is 13.6. The molecule has 2 aromatic carbocycles. The minimum Gasteiger partial charge on any atom is -0.385 e. The van der Waals surface area contributed by atoms with E-state index in [9.17, 15) is 5.11 Å². The molecular weight excluding hydrogens is 222 g/mol. The molecule has 18 heavy (non-hydrogen) atoms. The number of aliphatic hydroxyl groups is 1. The molecule has 0 amide bonds. The van der Waals surface area contributed by atoms with Gasteiger partial charge in [-0.25, -0.2) is 0 Å². The molecule has 2 rings (SSSR count). The molecular formula is C16H15NO. The van der Waals surface area contributed by atoms with Crippen LogP contribution in [0, 0.1) is 11.3 Å². The van der Waals surface area contributed by atoms with E-state index in [1.54, 1.807) is 25.1 Å². The molecule has 1 unspecified atom stereocenters. The summed E-state index contributed by atoms with van der Waals surface area (Å²) >= 11 is 0. The first-order chi connectivity index (χ1) is 8.62. The molecule has 1 atom stereocenters. The molecule has 0 bridgehead atoms. The van der Waals surface area contributed by atoms with Crippen molar-refractivity contribution in [3.8, 4) is 6.07 Å². The highest BCUT2D eigenvalue weighted by Gasteiger charge is 2.23. The molecule has 0 heterocycles. The van der Waals surface area contributed by atoms with Crippen LogP contribution in [0.1, 0.15) is 23.6 Å². The Balaban J connectivity index is 2.28. The predicted octanol–water partition coefficient (Wildman–Crippen LogP) is 3.01. The van der Waals surface area contributed by atoms with Crippen LogP contribution in [0.25, 0.3) is 0 Å². The van der Waals surface area contributed by atoms with Crippen LogP contribution in [0.3, 0.4) is 0 Å². The number of benzene rings is 2. The van der Waals surface area contributed by atoms with Crippen molar-refractivity contribution in [3.05, 3.63) is 71.3 Å². The fraction of sp³-hybridized carbons (Fsp3) is 0.188. The molecule has 1 N–H and O–H groups in total. The van der Waals surface area contributed by atoms with Crippen molar-refractivity contribution in [2.45, 2.75) is 18.9 Å². The number of nitrogens with zero attached hydrogens (tertiary/aromatic N) is 1. The maximum Gasteiger partial charge on any atom is 0.0991 e. The average Bonchev–Trinajstić information content (AvgIpc) is 2.39. The van der Waals surface area contributed by atoms with Gasteiger partial charge in [0.25, 0.3) is 0 Å². The highest BCUT2D eigenvalue weighted by Crippen LogP contribution is 2.25. The van der Waals surface area contributed by atoms with E-state index in [0.717, 1.165) is 11.1 Å². The summed E-state index contributed by atoms with van der Waals surface area (Å²) < 4.78 is 0. The lowest BCUT2D eigenvalue weighted by atomic mass is 9.88. The SMILES string of the molecule is CC(O)(Cc1ccccc1)c1cccc(C#N)c1. The fourth-order valence-electron chi connectivity index (χ4n) is 2.02. The van der Waals surface area contributed by atoms with Gasteiger partial charge in [-0.2, -0.15) is 5.26 Å². The van der Waals surface area contributed by atoms with E-state index in [2.05, 4.69) is 6.07 Å². The molecule has 2 nitrogen and oxygen atoms in total. The first-order valence-corrected chi connectivity index (χ1v) is 5.89. The lowest BCUT2D eigenvalue weighted by Gasteiger charge is -2.24. The van der Waals surface area contributed by atoms with Crippen LogP contribution in [0.2, 0.25) is 0 Å². The Labute approximate surface area is 107 Å². The summed E-state index contributed by atoms with van der Waals surface area (Å²) in [7, 11) is 0. The summed E-state index contributed by atoms with van der Waals surface area (Å²) in [4.78, 5) is 0. The molecule has 0 radical (unpaired) electrons. The van der Waals surface area contributed by atoms with Gasteiger partial charge in [-0.15, -0.1) is 0 Å². The summed E-state index contributed by atoms with van der Waals surface area (Å²) in [5, 5.41) is 19.4. The van der Waals surface area contributed by atoms with Gasteiger partial charge in [0.1, 0.15) is 0 Å². The Bertz CT molecular complexity index is 567. The molecule has 0 saturated carbocycles. The van der Waals surface area contributed by atoms with Crippen LogP contribution < -0.4 is 0 Å². The first-order valence-electron chi connectivity index (χ1n) is 5.89. The monoisotopic (exact) mass is 237 g/mol. The van der Waals surface area contributed by atoms with Crippen LogP contribution >= 0.6 is 0 Å². The number of hydrogen-bond donors (Lipinski definition) is 1.